The number of anilines is 2. The molecule has 0 radical (unpaired) electrons. The Labute approximate surface area is 106 Å². The summed E-state index contributed by atoms with van der Waals surface area (Å²) in [5.41, 5.74) is 7.72. The zero-order valence-electron chi connectivity index (χ0n) is 9.60. The predicted octanol–water partition coefficient (Wildman–Crippen LogP) is 2.95. The smallest absolute Gasteiger partial charge is 0.153 e. The number of benzene rings is 1. The van der Waals surface area contributed by atoms with Gasteiger partial charge in [-0.3, -0.25) is 0 Å². The van der Waals surface area contributed by atoms with Crippen molar-refractivity contribution in [3.63, 3.8) is 0 Å². The van der Waals surface area contributed by atoms with Crippen LogP contribution in [0.4, 0.5) is 11.5 Å². The van der Waals surface area contributed by atoms with Crippen molar-refractivity contribution in [2.24, 2.45) is 0 Å². The first-order chi connectivity index (χ1) is 8.16. The average molecular weight is 248 g/mol. The summed E-state index contributed by atoms with van der Waals surface area (Å²) in [5.74, 6) is 0.710. The summed E-state index contributed by atoms with van der Waals surface area (Å²) >= 11 is 5.87. The number of nitrogen functional groups attached to an aromatic ring is 1. The molecule has 88 valence electrons. The second-order valence-corrected chi connectivity index (χ2v) is 4.28. The first-order valence-corrected chi connectivity index (χ1v) is 5.71. The molecule has 0 saturated heterocycles. The van der Waals surface area contributed by atoms with Crippen molar-refractivity contribution >= 4 is 23.1 Å². The molecule has 0 aliphatic carbocycles. The lowest BCUT2D eigenvalue weighted by Crippen LogP contribution is -2.19. The molecule has 0 unspecified atom stereocenters. The summed E-state index contributed by atoms with van der Waals surface area (Å²) in [5, 5.41) is 0.453. The van der Waals surface area contributed by atoms with Crippen LogP contribution >= 0.6 is 11.6 Å². The van der Waals surface area contributed by atoms with Crippen molar-refractivity contribution in [3.8, 4) is 0 Å². The third-order valence-corrected chi connectivity index (χ3v) is 2.71. The minimum Gasteiger partial charge on any atom is -0.396 e. The standard InChI is InChI=1S/C13H14ClN3/c1-17(9-10-5-3-2-4-6-10)13-11(15)7-8-12(14)16-13/h2-8H,9,15H2,1H3. The van der Waals surface area contributed by atoms with E-state index in [-0.39, 0.29) is 0 Å². The van der Waals surface area contributed by atoms with Crippen LogP contribution in [0.2, 0.25) is 5.15 Å². The Balaban J connectivity index is 2.20. The van der Waals surface area contributed by atoms with Gasteiger partial charge in [0, 0.05) is 13.6 Å². The van der Waals surface area contributed by atoms with E-state index in [2.05, 4.69) is 17.1 Å². The van der Waals surface area contributed by atoms with Crippen LogP contribution in [-0.2, 0) is 6.54 Å². The van der Waals surface area contributed by atoms with Crippen LogP contribution in [0.5, 0.6) is 0 Å². The molecule has 0 saturated carbocycles. The van der Waals surface area contributed by atoms with Crippen molar-refractivity contribution in [1.82, 2.24) is 4.98 Å². The Bertz CT molecular complexity index is 499. The molecule has 0 atom stereocenters. The lowest BCUT2D eigenvalue weighted by atomic mass is 10.2. The van der Waals surface area contributed by atoms with Crippen molar-refractivity contribution in [2.75, 3.05) is 17.7 Å². The minimum atomic E-state index is 0.453. The molecule has 2 aromatic rings. The molecule has 0 fully saturated rings. The SMILES string of the molecule is CN(Cc1ccccc1)c1nc(Cl)ccc1N. The van der Waals surface area contributed by atoms with Gasteiger partial charge in [-0.05, 0) is 17.7 Å². The van der Waals surface area contributed by atoms with Crippen LogP contribution in [-0.4, -0.2) is 12.0 Å². The van der Waals surface area contributed by atoms with Gasteiger partial charge in [0.05, 0.1) is 5.69 Å². The molecular weight excluding hydrogens is 234 g/mol. The lowest BCUT2D eigenvalue weighted by molar-refractivity contribution is 0.900. The van der Waals surface area contributed by atoms with Crippen LogP contribution in [0.25, 0.3) is 0 Å². The summed E-state index contributed by atoms with van der Waals surface area (Å²) in [6.45, 7) is 0.748. The summed E-state index contributed by atoms with van der Waals surface area (Å²) < 4.78 is 0. The molecule has 0 aliphatic heterocycles. The fraction of sp³-hybridized carbons (Fsp3) is 0.154. The van der Waals surface area contributed by atoms with Crippen LogP contribution in [0.3, 0.4) is 0 Å². The Morgan fingerprint density at radius 2 is 1.88 bits per heavy atom. The molecule has 3 nitrogen and oxygen atoms in total. The van der Waals surface area contributed by atoms with Crippen LogP contribution < -0.4 is 10.6 Å². The van der Waals surface area contributed by atoms with Gasteiger partial charge in [0.15, 0.2) is 5.82 Å². The molecule has 0 aliphatic rings. The fourth-order valence-corrected chi connectivity index (χ4v) is 1.82. The van der Waals surface area contributed by atoms with Crippen LogP contribution in [0, 0.1) is 0 Å². The second kappa shape index (κ2) is 5.06. The topological polar surface area (TPSA) is 42.2 Å². The summed E-state index contributed by atoms with van der Waals surface area (Å²) in [6, 6.07) is 13.6. The third kappa shape index (κ3) is 2.88. The maximum atomic E-state index is 5.88. The van der Waals surface area contributed by atoms with Gasteiger partial charge in [-0.15, -0.1) is 0 Å². The predicted molar refractivity (Wildman–Crippen MR) is 72.2 cm³/mol. The van der Waals surface area contributed by atoms with Gasteiger partial charge in [0.25, 0.3) is 0 Å². The molecule has 1 heterocycles. The number of rotatable bonds is 3. The largest absolute Gasteiger partial charge is 0.396 e. The van der Waals surface area contributed by atoms with Gasteiger partial charge in [0.1, 0.15) is 5.15 Å². The highest BCUT2D eigenvalue weighted by molar-refractivity contribution is 6.29. The van der Waals surface area contributed by atoms with E-state index >= 15 is 0 Å². The highest BCUT2D eigenvalue weighted by Gasteiger charge is 2.08. The van der Waals surface area contributed by atoms with Gasteiger partial charge in [0.2, 0.25) is 0 Å². The lowest BCUT2D eigenvalue weighted by Gasteiger charge is -2.20. The molecule has 1 aromatic carbocycles. The number of nitrogens with two attached hydrogens (primary N) is 1. The number of halogens is 1. The molecule has 1 aromatic heterocycles. The molecule has 0 spiro atoms. The monoisotopic (exact) mass is 247 g/mol. The van der Waals surface area contributed by atoms with E-state index in [1.165, 1.54) is 5.56 Å². The highest BCUT2D eigenvalue weighted by Crippen LogP contribution is 2.22. The van der Waals surface area contributed by atoms with Gasteiger partial charge in [-0.2, -0.15) is 0 Å². The molecule has 0 bridgehead atoms. The first-order valence-electron chi connectivity index (χ1n) is 5.34. The van der Waals surface area contributed by atoms with E-state index in [4.69, 9.17) is 17.3 Å². The number of hydrogen-bond acceptors (Lipinski definition) is 3. The van der Waals surface area contributed by atoms with Gasteiger partial charge in [-0.25, -0.2) is 4.98 Å². The van der Waals surface area contributed by atoms with Crippen molar-refractivity contribution in [2.45, 2.75) is 6.54 Å². The Kier molecular flexibility index (Phi) is 3.49. The Morgan fingerprint density at radius 3 is 2.59 bits per heavy atom. The number of pyridine rings is 1. The zero-order valence-corrected chi connectivity index (χ0v) is 10.4. The number of hydrogen-bond donors (Lipinski definition) is 1. The van der Waals surface area contributed by atoms with E-state index in [0.29, 0.717) is 16.7 Å². The molecule has 17 heavy (non-hydrogen) atoms. The van der Waals surface area contributed by atoms with Crippen LogP contribution in [0.15, 0.2) is 42.5 Å². The quantitative estimate of drug-likeness (QED) is 0.848. The fourth-order valence-electron chi connectivity index (χ4n) is 1.67. The van der Waals surface area contributed by atoms with Crippen LogP contribution in [0.1, 0.15) is 5.56 Å². The highest BCUT2D eigenvalue weighted by atomic mass is 35.5. The summed E-state index contributed by atoms with van der Waals surface area (Å²) in [6.07, 6.45) is 0. The summed E-state index contributed by atoms with van der Waals surface area (Å²) in [7, 11) is 1.95. The maximum absolute atomic E-state index is 5.88. The van der Waals surface area contributed by atoms with Crippen molar-refractivity contribution in [1.29, 1.82) is 0 Å². The molecule has 4 heteroatoms. The normalized spacial score (nSPS) is 10.2. The van der Waals surface area contributed by atoms with Crippen molar-refractivity contribution < 1.29 is 0 Å². The van der Waals surface area contributed by atoms with E-state index in [1.54, 1.807) is 12.1 Å². The van der Waals surface area contributed by atoms with E-state index in [0.717, 1.165) is 6.54 Å². The Hall–Kier alpha value is -1.74. The summed E-state index contributed by atoms with van der Waals surface area (Å²) in [4.78, 5) is 6.22. The van der Waals surface area contributed by atoms with Crippen molar-refractivity contribution in [3.05, 3.63) is 53.2 Å². The average Bonchev–Trinajstić information content (AvgIpc) is 2.33. The molecule has 0 amide bonds. The molecule has 2 N–H and O–H groups in total. The van der Waals surface area contributed by atoms with E-state index in [9.17, 15) is 0 Å². The first kappa shape index (κ1) is 11.7. The van der Waals surface area contributed by atoms with E-state index < -0.39 is 0 Å². The third-order valence-electron chi connectivity index (χ3n) is 2.50. The van der Waals surface area contributed by atoms with Gasteiger partial charge < -0.3 is 10.6 Å². The minimum absolute atomic E-state index is 0.453. The van der Waals surface area contributed by atoms with Gasteiger partial charge in [-0.1, -0.05) is 41.9 Å². The molecular formula is C13H14ClN3. The maximum Gasteiger partial charge on any atom is 0.153 e. The van der Waals surface area contributed by atoms with Gasteiger partial charge >= 0.3 is 0 Å². The molecule has 2 rings (SSSR count). The Morgan fingerprint density at radius 1 is 1.18 bits per heavy atom. The second-order valence-electron chi connectivity index (χ2n) is 3.89. The zero-order chi connectivity index (χ0) is 12.3. The number of nitrogens with zero attached hydrogens (tertiary/aromatic N) is 2. The number of aromatic nitrogens is 1. The van der Waals surface area contributed by atoms with E-state index in [1.807, 2.05) is 30.1 Å².